The second kappa shape index (κ2) is 8.76. The summed E-state index contributed by atoms with van der Waals surface area (Å²) in [5.74, 6) is 1.44. The number of nitrogens with one attached hydrogen (secondary N) is 2. The van der Waals surface area contributed by atoms with Crippen molar-refractivity contribution in [3.8, 4) is 5.75 Å². The predicted molar refractivity (Wildman–Crippen MR) is 94.2 cm³/mol. The molecule has 0 spiro atoms. The van der Waals surface area contributed by atoms with Gasteiger partial charge in [0, 0.05) is 17.6 Å². The van der Waals surface area contributed by atoms with E-state index in [1.165, 1.54) is 0 Å². The maximum absolute atomic E-state index is 5.68. The zero-order chi connectivity index (χ0) is 15.8. The van der Waals surface area contributed by atoms with Crippen LogP contribution in [0.4, 0.5) is 10.8 Å². The van der Waals surface area contributed by atoms with Gasteiger partial charge in [0.15, 0.2) is 5.13 Å². The van der Waals surface area contributed by atoms with Crippen LogP contribution in [0.3, 0.4) is 0 Å². The monoisotopic (exact) mass is 319 g/mol. The van der Waals surface area contributed by atoms with E-state index >= 15 is 0 Å². The predicted octanol–water partition coefficient (Wildman–Crippen LogP) is 4.42. The van der Waals surface area contributed by atoms with Crippen LogP contribution in [0.1, 0.15) is 32.9 Å². The summed E-state index contributed by atoms with van der Waals surface area (Å²) in [4.78, 5) is 4.57. The van der Waals surface area contributed by atoms with Gasteiger partial charge in [-0.2, -0.15) is 0 Å². The molecule has 0 amide bonds. The number of rotatable bonds is 9. The van der Waals surface area contributed by atoms with Crippen LogP contribution in [-0.2, 0) is 6.54 Å². The molecule has 120 valence electrons. The third-order valence-corrected chi connectivity index (χ3v) is 3.78. The summed E-state index contributed by atoms with van der Waals surface area (Å²) < 4.78 is 5.68. The molecule has 5 heteroatoms. The van der Waals surface area contributed by atoms with Gasteiger partial charge in [0.05, 0.1) is 12.3 Å². The van der Waals surface area contributed by atoms with Crippen molar-refractivity contribution in [2.45, 2.75) is 33.7 Å². The lowest BCUT2D eigenvalue weighted by Crippen LogP contribution is -2.13. The van der Waals surface area contributed by atoms with Crippen LogP contribution in [0.15, 0.2) is 29.6 Å². The van der Waals surface area contributed by atoms with Crippen molar-refractivity contribution in [1.82, 2.24) is 10.3 Å². The number of anilines is 2. The maximum Gasteiger partial charge on any atom is 0.187 e. The number of benzene rings is 1. The molecule has 0 aliphatic rings. The Labute approximate surface area is 136 Å². The first kappa shape index (κ1) is 16.8. The number of hydrogen-bond acceptors (Lipinski definition) is 5. The summed E-state index contributed by atoms with van der Waals surface area (Å²) in [6.07, 6.45) is 1.14. The first-order valence-electron chi connectivity index (χ1n) is 7.82. The lowest BCUT2D eigenvalue weighted by Gasteiger charge is -2.09. The Morgan fingerprint density at radius 1 is 1.23 bits per heavy atom. The van der Waals surface area contributed by atoms with Crippen molar-refractivity contribution < 1.29 is 4.74 Å². The molecule has 0 radical (unpaired) electrons. The molecule has 2 aromatic rings. The van der Waals surface area contributed by atoms with E-state index in [0.717, 1.165) is 48.4 Å². The molecule has 1 aromatic carbocycles. The summed E-state index contributed by atoms with van der Waals surface area (Å²) in [5.41, 5.74) is 2.11. The molecule has 2 rings (SSSR count). The lowest BCUT2D eigenvalue weighted by atomic mass is 10.2. The standard InChI is InChI=1S/C17H25N3OS/c1-4-9-18-10-15-12-22-17(20-15)19-14-5-7-16(8-6-14)21-11-13(2)3/h5-8,12-13,18H,4,9-11H2,1-3H3,(H,19,20). The zero-order valence-electron chi connectivity index (χ0n) is 13.6. The van der Waals surface area contributed by atoms with Gasteiger partial charge in [0.1, 0.15) is 5.75 Å². The molecule has 0 atom stereocenters. The van der Waals surface area contributed by atoms with Gasteiger partial charge in [-0.05, 0) is 43.1 Å². The van der Waals surface area contributed by atoms with Crippen LogP contribution >= 0.6 is 11.3 Å². The Bertz CT molecular complexity index is 551. The van der Waals surface area contributed by atoms with Crippen molar-refractivity contribution in [1.29, 1.82) is 0 Å². The minimum atomic E-state index is 0.535. The van der Waals surface area contributed by atoms with Gasteiger partial charge in [0.25, 0.3) is 0 Å². The number of hydrogen-bond donors (Lipinski definition) is 2. The molecule has 2 N–H and O–H groups in total. The lowest BCUT2D eigenvalue weighted by molar-refractivity contribution is 0.271. The molecule has 0 aliphatic carbocycles. The van der Waals surface area contributed by atoms with Crippen LogP contribution in [-0.4, -0.2) is 18.1 Å². The maximum atomic E-state index is 5.68. The highest BCUT2D eigenvalue weighted by Gasteiger charge is 2.03. The summed E-state index contributed by atoms with van der Waals surface area (Å²) in [7, 11) is 0. The smallest absolute Gasteiger partial charge is 0.187 e. The van der Waals surface area contributed by atoms with Gasteiger partial charge in [-0.25, -0.2) is 4.98 Å². The molecule has 0 bridgehead atoms. The average Bonchev–Trinajstić information content (AvgIpc) is 2.94. The highest BCUT2D eigenvalue weighted by Crippen LogP contribution is 2.23. The molecule has 0 saturated heterocycles. The fourth-order valence-electron chi connectivity index (χ4n) is 1.86. The van der Waals surface area contributed by atoms with Crippen molar-refractivity contribution in [3.05, 3.63) is 35.3 Å². The van der Waals surface area contributed by atoms with Gasteiger partial charge in [0.2, 0.25) is 0 Å². The van der Waals surface area contributed by atoms with Gasteiger partial charge >= 0.3 is 0 Å². The van der Waals surface area contributed by atoms with Gasteiger partial charge in [-0.3, -0.25) is 0 Å². The van der Waals surface area contributed by atoms with E-state index in [2.05, 4.69) is 41.8 Å². The van der Waals surface area contributed by atoms with Crippen molar-refractivity contribution in [2.75, 3.05) is 18.5 Å². The quantitative estimate of drug-likeness (QED) is 0.672. The summed E-state index contributed by atoms with van der Waals surface area (Å²) in [6, 6.07) is 8.02. The normalized spacial score (nSPS) is 10.9. The first-order chi connectivity index (χ1) is 10.7. The van der Waals surface area contributed by atoms with E-state index in [9.17, 15) is 0 Å². The second-order valence-corrected chi connectivity index (χ2v) is 6.53. The number of thiazole rings is 1. The highest BCUT2D eigenvalue weighted by molar-refractivity contribution is 7.13. The number of aromatic nitrogens is 1. The van der Waals surface area contributed by atoms with E-state index in [-0.39, 0.29) is 0 Å². The molecular weight excluding hydrogens is 294 g/mol. The Balaban J connectivity index is 1.85. The molecule has 0 fully saturated rings. The van der Waals surface area contributed by atoms with Crippen LogP contribution in [0.2, 0.25) is 0 Å². The van der Waals surface area contributed by atoms with Crippen LogP contribution in [0.25, 0.3) is 0 Å². The number of nitrogens with zero attached hydrogens (tertiary/aromatic N) is 1. The third-order valence-electron chi connectivity index (χ3n) is 2.97. The average molecular weight is 319 g/mol. The fraction of sp³-hybridized carbons (Fsp3) is 0.471. The fourth-order valence-corrected chi connectivity index (χ4v) is 2.59. The van der Waals surface area contributed by atoms with Gasteiger partial charge < -0.3 is 15.4 Å². The molecule has 1 aromatic heterocycles. The van der Waals surface area contributed by atoms with Crippen molar-refractivity contribution in [3.63, 3.8) is 0 Å². The van der Waals surface area contributed by atoms with Crippen LogP contribution in [0, 0.1) is 5.92 Å². The first-order valence-corrected chi connectivity index (χ1v) is 8.70. The highest BCUT2D eigenvalue weighted by atomic mass is 32.1. The third kappa shape index (κ3) is 5.66. The number of ether oxygens (including phenoxy) is 1. The van der Waals surface area contributed by atoms with E-state index in [0.29, 0.717) is 5.92 Å². The summed E-state index contributed by atoms with van der Waals surface area (Å²) in [6.45, 7) is 9.05. The van der Waals surface area contributed by atoms with Crippen molar-refractivity contribution in [2.24, 2.45) is 5.92 Å². The topological polar surface area (TPSA) is 46.2 Å². The molecule has 22 heavy (non-hydrogen) atoms. The molecular formula is C17H25N3OS. The second-order valence-electron chi connectivity index (χ2n) is 5.68. The zero-order valence-corrected chi connectivity index (χ0v) is 14.4. The van der Waals surface area contributed by atoms with Crippen LogP contribution in [0.5, 0.6) is 5.75 Å². The SMILES string of the molecule is CCCNCc1csc(Nc2ccc(OCC(C)C)cc2)n1. The van der Waals surface area contributed by atoms with Crippen LogP contribution < -0.4 is 15.4 Å². The van der Waals surface area contributed by atoms with E-state index in [1.54, 1.807) is 11.3 Å². The van der Waals surface area contributed by atoms with E-state index in [4.69, 9.17) is 4.74 Å². The Kier molecular flexibility index (Phi) is 6.68. The van der Waals surface area contributed by atoms with E-state index in [1.807, 2.05) is 24.3 Å². The molecule has 0 aliphatic heterocycles. The van der Waals surface area contributed by atoms with Crippen molar-refractivity contribution >= 4 is 22.2 Å². The molecule has 1 heterocycles. The Morgan fingerprint density at radius 3 is 2.68 bits per heavy atom. The van der Waals surface area contributed by atoms with E-state index < -0.39 is 0 Å². The minimum Gasteiger partial charge on any atom is -0.493 e. The van der Waals surface area contributed by atoms with Gasteiger partial charge in [-0.1, -0.05) is 20.8 Å². The Hall–Kier alpha value is -1.59. The summed E-state index contributed by atoms with van der Waals surface area (Å²) >= 11 is 1.63. The largest absolute Gasteiger partial charge is 0.493 e. The molecule has 0 unspecified atom stereocenters. The minimum absolute atomic E-state index is 0.535. The summed E-state index contributed by atoms with van der Waals surface area (Å²) in [5, 5.41) is 9.70. The molecule has 4 nitrogen and oxygen atoms in total. The Morgan fingerprint density at radius 2 is 2.00 bits per heavy atom. The molecule has 0 saturated carbocycles. The van der Waals surface area contributed by atoms with Gasteiger partial charge in [-0.15, -0.1) is 11.3 Å².